The van der Waals surface area contributed by atoms with Crippen LogP contribution in [0, 0.1) is 5.41 Å². The Hall–Kier alpha value is -0.820. The van der Waals surface area contributed by atoms with Crippen molar-refractivity contribution in [3.05, 3.63) is 35.9 Å². The summed E-state index contributed by atoms with van der Waals surface area (Å²) in [6, 6.07) is 11.0. The Morgan fingerprint density at radius 2 is 1.76 bits per heavy atom. The zero-order valence-corrected chi connectivity index (χ0v) is 11.4. The predicted molar refractivity (Wildman–Crippen MR) is 74.3 cm³/mol. The van der Waals surface area contributed by atoms with Gasteiger partial charge in [0.05, 0.1) is 0 Å². The Morgan fingerprint density at radius 1 is 1.12 bits per heavy atom. The number of hydrogen-bond donors (Lipinski definition) is 1. The minimum atomic E-state index is 0.389. The maximum atomic E-state index is 3.61. The van der Waals surface area contributed by atoms with Crippen LogP contribution in [0.4, 0.5) is 0 Å². The molecule has 0 spiro atoms. The lowest BCUT2D eigenvalue weighted by molar-refractivity contribution is 0.0564. The SMILES string of the molecule is CCCNCC1(c2ccccc2)CC(C)(C)C1. The highest BCUT2D eigenvalue weighted by Crippen LogP contribution is 2.54. The molecular formula is C16H25N. The standard InChI is InChI=1S/C16H25N/c1-4-10-17-13-16(11-15(2,3)12-16)14-8-6-5-7-9-14/h5-9,17H,4,10-13H2,1-3H3. The van der Waals surface area contributed by atoms with E-state index in [2.05, 4.69) is 56.4 Å². The van der Waals surface area contributed by atoms with Crippen molar-refractivity contribution in [2.24, 2.45) is 5.41 Å². The van der Waals surface area contributed by atoms with Crippen LogP contribution in [-0.2, 0) is 5.41 Å². The van der Waals surface area contributed by atoms with Gasteiger partial charge in [-0.3, -0.25) is 0 Å². The maximum absolute atomic E-state index is 3.61. The molecule has 0 aromatic heterocycles. The van der Waals surface area contributed by atoms with Gasteiger partial charge >= 0.3 is 0 Å². The minimum Gasteiger partial charge on any atom is -0.316 e. The quantitative estimate of drug-likeness (QED) is 0.761. The summed E-state index contributed by atoms with van der Waals surface area (Å²) in [4.78, 5) is 0. The average Bonchev–Trinajstić information content (AvgIpc) is 2.28. The van der Waals surface area contributed by atoms with Gasteiger partial charge in [0, 0.05) is 12.0 Å². The molecule has 17 heavy (non-hydrogen) atoms. The van der Waals surface area contributed by atoms with E-state index in [9.17, 15) is 0 Å². The van der Waals surface area contributed by atoms with E-state index in [4.69, 9.17) is 0 Å². The number of benzene rings is 1. The third-order valence-electron chi connectivity index (χ3n) is 3.91. The Balaban J connectivity index is 2.10. The van der Waals surface area contributed by atoms with Gasteiger partial charge in [-0.2, -0.15) is 0 Å². The summed E-state index contributed by atoms with van der Waals surface area (Å²) in [6.07, 6.45) is 3.83. The van der Waals surface area contributed by atoms with Gasteiger partial charge in [-0.1, -0.05) is 51.1 Å². The van der Waals surface area contributed by atoms with Crippen LogP contribution >= 0.6 is 0 Å². The highest BCUT2D eigenvalue weighted by molar-refractivity contribution is 5.30. The molecule has 0 radical (unpaired) electrons. The highest BCUT2D eigenvalue weighted by Gasteiger charge is 2.49. The van der Waals surface area contributed by atoms with E-state index >= 15 is 0 Å². The molecule has 0 atom stereocenters. The molecule has 0 bridgehead atoms. The van der Waals surface area contributed by atoms with Gasteiger partial charge < -0.3 is 5.32 Å². The largest absolute Gasteiger partial charge is 0.316 e. The Kier molecular flexibility index (Phi) is 3.58. The van der Waals surface area contributed by atoms with E-state index in [0.29, 0.717) is 10.8 Å². The van der Waals surface area contributed by atoms with Crippen molar-refractivity contribution in [2.75, 3.05) is 13.1 Å². The van der Waals surface area contributed by atoms with Gasteiger partial charge in [0.25, 0.3) is 0 Å². The molecule has 0 unspecified atom stereocenters. The summed E-state index contributed by atoms with van der Waals surface area (Å²) in [5.41, 5.74) is 2.42. The van der Waals surface area contributed by atoms with E-state index in [1.54, 1.807) is 0 Å². The van der Waals surface area contributed by atoms with Gasteiger partial charge in [-0.15, -0.1) is 0 Å². The Labute approximate surface area is 106 Å². The molecule has 0 heterocycles. The van der Waals surface area contributed by atoms with Gasteiger partial charge in [0.1, 0.15) is 0 Å². The fourth-order valence-electron chi connectivity index (χ4n) is 3.51. The van der Waals surface area contributed by atoms with Crippen molar-refractivity contribution in [2.45, 2.75) is 45.4 Å². The van der Waals surface area contributed by atoms with E-state index in [1.807, 2.05) is 0 Å². The summed E-state index contributed by atoms with van der Waals surface area (Å²) in [5.74, 6) is 0. The third kappa shape index (κ3) is 2.71. The normalized spacial score (nSPS) is 20.9. The van der Waals surface area contributed by atoms with Crippen molar-refractivity contribution in [1.29, 1.82) is 0 Å². The molecule has 0 amide bonds. The topological polar surface area (TPSA) is 12.0 Å². The molecule has 1 aliphatic carbocycles. The molecule has 2 rings (SSSR count). The summed E-state index contributed by atoms with van der Waals surface area (Å²) in [5, 5.41) is 3.61. The molecule has 1 aromatic carbocycles. The summed E-state index contributed by atoms with van der Waals surface area (Å²) in [7, 11) is 0. The molecular weight excluding hydrogens is 206 g/mol. The van der Waals surface area contributed by atoms with Gasteiger partial charge in [-0.25, -0.2) is 0 Å². The van der Waals surface area contributed by atoms with Crippen molar-refractivity contribution in [1.82, 2.24) is 5.32 Å². The molecule has 1 aromatic rings. The second kappa shape index (κ2) is 4.81. The first-order chi connectivity index (χ1) is 8.08. The molecule has 1 N–H and O–H groups in total. The molecule has 94 valence electrons. The zero-order chi connectivity index (χ0) is 12.4. The van der Waals surface area contributed by atoms with Crippen LogP contribution in [0.1, 0.15) is 45.6 Å². The fourth-order valence-corrected chi connectivity index (χ4v) is 3.51. The average molecular weight is 231 g/mol. The van der Waals surface area contributed by atoms with Gasteiger partial charge in [-0.05, 0) is 36.8 Å². The lowest BCUT2D eigenvalue weighted by atomic mass is 9.52. The van der Waals surface area contributed by atoms with Crippen molar-refractivity contribution >= 4 is 0 Å². The van der Waals surface area contributed by atoms with E-state index < -0.39 is 0 Å². The predicted octanol–water partition coefficient (Wildman–Crippen LogP) is 3.74. The highest BCUT2D eigenvalue weighted by atomic mass is 14.9. The lowest BCUT2D eigenvalue weighted by Crippen LogP contribution is -2.52. The van der Waals surface area contributed by atoms with E-state index in [0.717, 1.165) is 13.1 Å². The summed E-state index contributed by atoms with van der Waals surface area (Å²) < 4.78 is 0. The summed E-state index contributed by atoms with van der Waals surface area (Å²) in [6.45, 7) is 9.26. The van der Waals surface area contributed by atoms with E-state index in [-0.39, 0.29) is 0 Å². The maximum Gasteiger partial charge on any atom is 0.00879 e. The molecule has 1 nitrogen and oxygen atoms in total. The van der Waals surface area contributed by atoms with E-state index in [1.165, 1.54) is 24.8 Å². The van der Waals surface area contributed by atoms with Crippen LogP contribution in [0.2, 0.25) is 0 Å². The molecule has 1 heteroatoms. The van der Waals surface area contributed by atoms with Gasteiger partial charge in [0.15, 0.2) is 0 Å². The van der Waals surface area contributed by atoms with Crippen LogP contribution in [0.3, 0.4) is 0 Å². The van der Waals surface area contributed by atoms with Crippen LogP contribution < -0.4 is 5.32 Å². The second-order valence-corrected chi connectivity index (χ2v) is 6.34. The molecule has 0 saturated heterocycles. The van der Waals surface area contributed by atoms with Crippen LogP contribution in [0.15, 0.2) is 30.3 Å². The molecule has 0 aliphatic heterocycles. The number of rotatable bonds is 5. The molecule has 1 fully saturated rings. The van der Waals surface area contributed by atoms with Crippen LogP contribution in [0.25, 0.3) is 0 Å². The monoisotopic (exact) mass is 231 g/mol. The lowest BCUT2D eigenvalue weighted by Gasteiger charge is -2.54. The first-order valence-electron chi connectivity index (χ1n) is 6.84. The zero-order valence-electron chi connectivity index (χ0n) is 11.4. The van der Waals surface area contributed by atoms with Crippen LogP contribution in [0.5, 0.6) is 0 Å². The number of hydrogen-bond acceptors (Lipinski definition) is 1. The molecule has 1 saturated carbocycles. The molecule has 1 aliphatic rings. The van der Waals surface area contributed by atoms with Crippen molar-refractivity contribution in [3.8, 4) is 0 Å². The minimum absolute atomic E-state index is 0.389. The third-order valence-corrected chi connectivity index (χ3v) is 3.91. The van der Waals surface area contributed by atoms with Crippen molar-refractivity contribution < 1.29 is 0 Å². The first-order valence-corrected chi connectivity index (χ1v) is 6.84. The Morgan fingerprint density at radius 3 is 2.29 bits per heavy atom. The Bertz CT molecular complexity index is 345. The van der Waals surface area contributed by atoms with Gasteiger partial charge in [0.2, 0.25) is 0 Å². The van der Waals surface area contributed by atoms with Crippen LogP contribution in [-0.4, -0.2) is 13.1 Å². The van der Waals surface area contributed by atoms with Crippen molar-refractivity contribution in [3.63, 3.8) is 0 Å². The fraction of sp³-hybridized carbons (Fsp3) is 0.625. The number of nitrogens with one attached hydrogen (secondary N) is 1. The smallest absolute Gasteiger partial charge is 0.00879 e. The summed E-state index contributed by atoms with van der Waals surface area (Å²) >= 11 is 0. The first kappa shape index (κ1) is 12.6. The second-order valence-electron chi connectivity index (χ2n) is 6.34.